The van der Waals surface area contributed by atoms with E-state index in [1.807, 2.05) is 18.2 Å². The molecule has 0 bridgehead atoms. The van der Waals surface area contributed by atoms with E-state index in [9.17, 15) is 5.11 Å². The highest BCUT2D eigenvalue weighted by atomic mass is 16.3. The lowest BCUT2D eigenvalue weighted by molar-refractivity contribution is 0.474. The van der Waals surface area contributed by atoms with Gasteiger partial charge in [0.1, 0.15) is 5.75 Å². The van der Waals surface area contributed by atoms with E-state index in [2.05, 4.69) is 85.0 Å². The molecule has 0 saturated heterocycles. The summed E-state index contributed by atoms with van der Waals surface area (Å²) < 4.78 is 0. The fourth-order valence-electron chi connectivity index (χ4n) is 4.88. The van der Waals surface area contributed by atoms with Gasteiger partial charge in [-0.3, -0.25) is 0 Å². The quantitative estimate of drug-likeness (QED) is 0.273. The second kappa shape index (κ2) is 11.2. The van der Waals surface area contributed by atoms with E-state index in [1.165, 1.54) is 39.1 Å². The van der Waals surface area contributed by atoms with Crippen molar-refractivity contribution in [3.05, 3.63) is 87.5 Å². The first kappa shape index (κ1) is 26.7. The number of nitrogens with two attached hydrogens (primary N) is 1. The van der Waals surface area contributed by atoms with E-state index in [4.69, 9.17) is 5.73 Å². The molecule has 188 valence electrons. The lowest BCUT2D eigenvalue weighted by Gasteiger charge is -2.24. The molecule has 3 nitrogen and oxygen atoms in total. The predicted molar refractivity (Wildman–Crippen MR) is 152 cm³/mol. The van der Waals surface area contributed by atoms with Crippen LogP contribution in [-0.2, 0) is 13.0 Å². The maximum atomic E-state index is 9.86. The topological polar surface area (TPSA) is 58.3 Å². The molecule has 4 N–H and O–H groups in total. The average molecular weight is 473 g/mol. The van der Waals surface area contributed by atoms with E-state index in [0.29, 0.717) is 36.0 Å². The average Bonchev–Trinajstić information content (AvgIpc) is 2.78. The summed E-state index contributed by atoms with van der Waals surface area (Å²) in [6, 6.07) is 16.9. The third-order valence-electron chi connectivity index (χ3n) is 6.84. The monoisotopic (exact) mass is 472 g/mol. The zero-order valence-electron chi connectivity index (χ0n) is 22.9. The molecule has 35 heavy (non-hydrogen) atoms. The smallest absolute Gasteiger partial charge is 0.115 e. The second-order valence-electron chi connectivity index (χ2n) is 11.2. The molecule has 3 aromatic carbocycles. The Bertz CT molecular complexity index is 1100. The highest BCUT2D eigenvalue weighted by Gasteiger charge is 2.18. The molecule has 0 aliphatic heterocycles. The molecule has 0 aliphatic rings. The maximum Gasteiger partial charge on any atom is 0.115 e. The Labute approximate surface area is 212 Å². The first-order valence-corrected chi connectivity index (χ1v) is 13.1. The standard InChI is InChI=1S/C32H44N2O/c1-19(2)27-14-24(15-28(20(3)4)31(27)33)12-25-16-29(21(5)6)32(30(17-25)22(7)8)34-18-23-10-9-11-26(35)13-23/h9-11,13-17,19-22,34-35H,12,18,33H2,1-8H3. The van der Waals surface area contributed by atoms with Crippen molar-refractivity contribution in [2.24, 2.45) is 0 Å². The van der Waals surface area contributed by atoms with Crippen molar-refractivity contribution in [3.63, 3.8) is 0 Å². The summed E-state index contributed by atoms with van der Waals surface area (Å²) in [5.74, 6) is 1.88. The molecular formula is C32H44N2O. The van der Waals surface area contributed by atoms with E-state index >= 15 is 0 Å². The number of phenols is 1. The van der Waals surface area contributed by atoms with Crippen LogP contribution < -0.4 is 11.1 Å². The zero-order chi connectivity index (χ0) is 25.9. The third kappa shape index (κ3) is 6.39. The molecule has 0 spiro atoms. The van der Waals surface area contributed by atoms with Crippen LogP contribution in [0.2, 0.25) is 0 Å². The summed E-state index contributed by atoms with van der Waals surface area (Å²) in [4.78, 5) is 0. The number of phenolic OH excluding ortho intramolecular Hbond substituents is 1. The van der Waals surface area contributed by atoms with Crippen molar-refractivity contribution < 1.29 is 5.11 Å². The van der Waals surface area contributed by atoms with E-state index in [0.717, 1.165) is 17.7 Å². The van der Waals surface area contributed by atoms with E-state index < -0.39 is 0 Å². The normalized spacial score (nSPS) is 11.8. The molecule has 0 saturated carbocycles. The van der Waals surface area contributed by atoms with Crippen LogP contribution in [-0.4, -0.2) is 5.11 Å². The zero-order valence-corrected chi connectivity index (χ0v) is 22.9. The molecule has 0 aliphatic carbocycles. The molecule has 3 heteroatoms. The van der Waals surface area contributed by atoms with Gasteiger partial charge in [0.05, 0.1) is 0 Å². The summed E-state index contributed by atoms with van der Waals surface area (Å²) in [5, 5.41) is 13.6. The van der Waals surface area contributed by atoms with Crippen molar-refractivity contribution in [2.45, 2.75) is 92.0 Å². The fourth-order valence-corrected chi connectivity index (χ4v) is 4.88. The van der Waals surface area contributed by atoms with Crippen LogP contribution in [0.4, 0.5) is 11.4 Å². The van der Waals surface area contributed by atoms with Crippen LogP contribution in [0.15, 0.2) is 48.5 Å². The van der Waals surface area contributed by atoms with Gasteiger partial charge < -0.3 is 16.2 Å². The van der Waals surface area contributed by atoms with Gasteiger partial charge in [0, 0.05) is 17.9 Å². The van der Waals surface area contributed by atoms with Crippen LogP contribution in [0.1, 0.15) is 118 Å². The predicted octanol–water partition coefficient (Wildman–Crippen LogP) is 8.67. The number of anilines is 2. The van der Waals surface area contributed by atoms with Crippen LogP contribution >= 0.6 is 0 Å². The van der Waals surface area contributed by atoms with Gasteiger partial charge in [-0.2, -0.15) is 0 Å². The van der Waals surface area contributed by atoms with Crippen molar-refractivity contribution in [1.82, 2.24) is 0 Å². The largest absolute Gasteiger partial charge is 0.508 e. The number of nitrogen functional groups attached to an aromatic ring is 1. The number of rotatable bonds is 9. The van der Waals surface area contributed by atoms with Crippen molar-refractivity contribution >= 4 is 11.4 Å². The Kier molecular flexibility index (Phi) is 8.53. The molecule has 0 aromatic heterocycles. The Balaban J connectivity index is 2.03. The molecular weight excluding hydrogens is 428 g/mol. The lowest BCUT2D eigenvalue weighted by atomic mass is 9.86. The van der Waals surface area contributed by atoms with E-state index in [-0.39, 0.29) is 0 Å². The summed E-state index contributed by atoms with van der Waals surface area (Å²) in [7, 11) is 0. The van der Waals surface area contributed by atoms with Gasteiger partial charge >= 0.3 is 0 Å². The Morgan fingerprint density at radius 2 is 1.11 bits per heavy atom. The van der Waals surface area contributed by atoms with Gasteiger partial charge in [0.2, 0.25) is 0 Å². The van der Waals surface area contributed by atoms with Gasteiger partial charge in [0.25, 0.3) is 0 Å². The molecule has 0 amide bonds. The van der Waals surface area contributed by atoms with Gasteiger partial charge in [-0.25, -0.2) is 0 Å². The molecule has 0 radical (unpaired) electrons. The fraction of sp³-hybridized carbons (Fsp3) is 0.438. The van der Waals surface area contributed by atoms with Crippen molar-refractivity contribution in [1.29, 1.82) is 0 Å². The number of hydrogen-bond donors (Lipinski definition) is 3. The van der Waals surface area contributed by atoms with Gasteiger partial charge in [-0.1, -0.05) is 91.8 Å². The SMILES string of the molecule is CC(C)c1cc(Cc2cc(C(C)C)c(NCc3cccc(O)c3)c(C(C)C)c2)cc(C(C)C)c1N. The Morgan fingerprint density at radius 1 is 0.657 bits per heavy atom. The van der Waals surface area contributed by atoms with Crippen molar-refractivity contribution in [2.75, 3.05) is 11.1 Å². The second-order valence-corrected chi connectivity index (χ2v) is 11.2. The summed E-state index contributed by atoms with van der Waals surface area (Å²) in [6.07, 6.45) is 0.895. The first-order valence-electron chi connectivity index (χ1n) is 13.1. The summed E-state index contributed by atoms with van der Waals surface area (Å²) in [6.45, 7) is 18.6. The van der Waals surface area contributed by atoms with Crippen LogP contribution in [0.25, 0.3) is 0 Å². The highest BCUT2D eigenvalue weighted by Crippen LogP contribution is 2.37. The number of hydrogen-bond acceptors (Lipinski definition) is 3. The molecule has 0 heterocycles. The minimum Gasteiger partial charge on any atom is -0.508 e. The molecule has 3 rings (SSSR count). The minimum absolute atomic E-state index is 0.304. The third-order valence-corrected chi connectivity index (χ3v) is 6.84. The minimum atomic E-state index is 0.304. The van der Waals surface area contributed by atoms with Gasteiger partial charge in [-0.15, -0.1) is 0 Å². The number of nitrogens with one attached hydrogen (secondary N) is 1. The van der Waals surface area contributed by atoms with E-state index in [1.54, 1.807) is 6.07 Å². The van der Waals surface area contributed by atoms with Crippen LogP contribution in [0.5, 0.6) is 5.75 Å². The lowest BCUT2D eigenvalue weighted by Crippen LogP contribution is -2.10. The first-order chi connectivity index (χ1) is 16.5. The van der Waals surface area contributed by atoms with Gasteiger partial charge in [0.15, 0.2) is 0 Å². The molecule has 3 aromatic rings. The van der Waals surface area contributed by atoms with Gasteiger partial charge in [-0.05, 0) is 81.2 Å². The summed E-state index contributed by atoms with van der Waals surface area (Å²) >= 11 is 0. The van der Waals surface area contributed by atoms with Crippen LogP contribution in [0.3, 0.4) is 0 Å². The van der Waals surface area contributed by atoms with Crippen LogP contribution in [0, 0.1) is 0 Å². The van der Waals surface area contributed by atoms with Crippen molar-refractivity contribution in [3.8, 4) is 5.75 Å². The Morgan fingerprint density at radius 3 is 1.54 bits per heavy atom. The molecule has 0 unspecified atom stereocenters. The molecule has 0 atom stereocenters. The highest BCUT2D eigenvalue weighted by molar-refractivity contribution is 5.63. The Hall–Kier alpha value is -2.94. The number of aromatic hydroxyl groups is 1. The molecule has 0 fully saturated rings. The maximum absolute atomic E-state index is 9.86. The summed E-state index contributed by atoms with van der Waals surface area (Å²) in [5.41, 5.74) is 17.7. The number of benzene rings is 3.